The molecule has 2 heterocycles. The fourth-order valence-electron chi connectivity index (χ4n) is 4.49. The smallest absolute Gasteiger partial charge is 0.342 e. The lowest BCUT2D eigenvalue weighted by Gasteiger charge is -2.26. The van der Waals surface area contributed by atoms with Gasteiger partial charge < -0.3 is 25.0 Å². The molecule has 2 atom stereocenters. The molecule has 0 bridgehead atoms. The Balaban J connectivity index is 1.52. The quantitative estimate of drug-likeness (QED) is 0.530. The Labute approximate surface area is 205 Å². The summed E-state index contributed by atoms with van der Waals surface area (Å²) in [6.07, 6.45) is 1.98. The third kappa shape index (κ3) is 4.16. The fourth-order valence-corrected chi connectivity index (χ4v) is 4.49. The summed E-state index contributed by atoms with van der Waals surface area (Å²) in [5.74, 6) is -5.46. The molecule has 5 rings (SSSR count). The zero-order valence-electron chi connectivity index (χ0n) is 19.5. The molecule has 9 nitrogen and oxygen atoms in total. The van der Waals surface area contributed by atoms with Crippen LogP contribution in [0.3, 0.4) is 0 Å². The van der Waals surface area contributed by atoms with E-state index in [0.29, 0.717) is 12.1 Å². The van der Waals surface area contributed by atoms with E-state index in [1.165, 1.54) is 43.5 Å². The summed E-state index contributed by atoms with van der Waals surface area (Å²) in [4.78, 5) is 34.9. The lowest BCUT2D eigenvalue weighted by Crippen LogP contribution is -2.46. The van der Waals surface area contributed by atoms with Crippen LogP contribution in [0.4, 0.5) is 31.9 Å². The van der Waals surface area contributed by atoms with Crippen molar-refractivity contribution in [2.75, 3.05) is 35.8 Å². The molecule has 2 N–H and O–H groups in total. The van der Waals surface area contributed by atoms with E-state index >= 15 is 0 Å². The van der Waals surface area contributed by atoms with Crippen LogP contribution in [0.5, 0.6) is 5.75 Å². The number of methoxy groups -OCH3 is 1. The Morgan fingerprint density at radius 1 is 1.22 bits per heavy atom. The number of fused-ring (bicyclic) bond motifs is 1. The van der Waals surface area contributed by atoms with Crippen molar-refractivity contribution in [3.63, 3.8) is 0 Å². The number of hydrogen-bond donors (Lipinski definition) is 2. The monoisotopic (exact) mass is 495 g/mol. The van der Waals surface area contributed by atoms with Crippen LogP contribution in [0.2, 0.25) is 0 Å². The van der Waals surface area contributed by atoms with E-state index in [1.807, 2.05) is 30.3 Å². The summed E-state index contributed by atoms with van der Waals surface area (Å²) < 4.78 is 35.1. The number of rotatable bonds is 6. The zero-order valence-corrected chi connectivity index (χ0v) is 19.5. The van der Waals surface area contributed by atoms with Crippen LogP contribution in [0, 0.1) is 0 Å². The predicted molar refractivity (Wildman–Crippen MR) is 129 cm³/mol. The molecule has 0 radical (unpaired) electrons. The molecule has 186 valence electrons. The Bertz CT molecular complexity index is 1340. The molecule has 3 aromatic rings. The minimum absolute atomic E-state index is 0.0309. The maximum absolute atomic E-state index is 14.9. The first kappa shape index (κ1) is 23.5. The van der Waals surface area contributed by atoms with Crippen LogP contribution < -0.4 is 19.9 Å². The summed E-state index contributed by atoms with van der Waals surface area (Å²) in [6.45, 7) is -0.801. The van der Waals surface area contributed by atoms with E-state index in [0.717, 1.165) is 10.5 Å². The highest BCUT2D eigenvalue weighted by atomic mass is 19.3. The van der Waals surface area contributed by atoms with Crippen molar-refractivity contribution >= 4 is 35.0 Å². The van der Waals surface area contributed by atoms with Crippen molar-refractivity contribution in [2.45, 2.75) is 24.3 Å². The number of hydrogen-bond acceptors (Lipinski definition) is 7. The number of aromatic nitrogens is 2. The van der Waals surface area contributed by atoms with Gasteiger partial charge in [0.25, 0.3) is 5.91 Å². The molecule has 36 heavy (non-hydrogen) atoms. The third-order valence-electron chi connectivity index (χ3n) is 6.45. The molecule has 1 aromatic heterocycles. The van der Waals surface area contributed by atoms with E-state index in [1.54, 1.807) is 0 Å². The lowest BCUT2D eigenvalue weighted by molar-refractivity contribution is -0.140. The van der Waals surface area contributed by atoms with Crippen molar-refractivity contribution < 1.29 is 28.2 Å². The van der Waals surface area contributed by atoms with Crippen LogP contribution in [0.25, 0.3) is 0 Å². The molecule has 1 saturated carbocycles. The second-order valence-corrected chi connectivity index (χ2v) is 8.76. The van der Waals surface area contributed by atoms with Gasteiger partial charge in [-0.2, -0.15) is 13.8 Å². The minimum Gasteiger partial charge on any atom is -0.495 e. The molecule has 1 aliphatic carbocycles. The second kappa shape index (κ2) is 8.74. The summed E-state index contributed by atoms with van der Waals surface area (Å²) in [5.41, 5.74) is 1.64. The summed E-state index contributed by atoms with van der Waals surface area (Å²) >= 11 is 0. The number of alkyl halides is 2. The molecule has 2 aromatic carbocycles. The van der Waals surface area contributed by atoms with Gasteiger partial charge in [0.15, 0.2) is 5.82 Å². The SMILES string of the molecule is COc1cc(C(=O)O)ccc1Nc1ncc2c(n1)N(C1C[C@H]1c1ccccc1)CC(F)(F)C(=O)N2C. The van der Waals surface area contributed by atoms with Crippen LogP contribution in [-0.2, 0) is 4.79 Å². The van der Waals surface area contributed by atoms with Crippen molar-refractivity contribution in [1.29, 1.82) is 0 Å². The molecule has 1 fully saturated rings. The fraction of sp³-hybridized carbons (Fsp3) is 0.280. The molecule has 1 unspecified atom stereocenters. The molecule has 1 aliphatic heterocycles. The zero-order chi connectivity index (χ0) is 25.6. The Hall–Kier alpha value is -4.28. The number of aromatic carboxylic acids is 1. The molecular formula is C25H23F2N5O4. The number of carbonyl (C=O) groups is 2. The van der Waals surface area contributed by atoms with Gasteiger partial charge in [-0.3, -0.25) is 4.79 Å². The summed E-state index contributed by atoms with van der Waals surface area (Å²) in [5, 5.41) is 12.2. The minimum atomic E-state index is -3.61. The number of nitrogens with zero attached hydrogens (tertiary/aromatic N) is 4. The Kier molecular flexibility index (Phi) is 5.70. The number of nitrogens with one attached hydrogen (secondary N) is 1. The number of carboxylic acids is 1. The summed E-state index contributed by atoms with van der Waals surface area (Å²) in [6, 6.07) is 13.6. The second-order valence-electron chi connectivity index (χ2n) is 8.76. The van der Waals surface area contributed by atoms with Crippen LogP contribution in [-0.4, -0.2) is 59.6 Å². The van der Waals surface area contributed by atoms with E-state index in [-0.39, 0.29) is 40.7 Å². The molecule has 0 spiro atoms. The first-order valence-corrected chi connectivity index (χ1v) is 11.2. The van der Waals surface area contributed by atoms with Gasteiger partial charge in [0.1, 0.15) is 11.4 Å². The van der Waals surface area contributed by atoms with Crippen molar-refractivity contribution in [1.82, 2.24) is 9.97 Å². The lowest BCUT2D eigenvalue weighted by atomic mass is 10.1. The molecular weight excluding hydrogens is 472 g/mol. The summed E-state index contributed by atoms with van der Waals surface area (Å²) in [7, 11) is 2.68. The molecule has 1 amide bonds. The number of ether oxygens (including phenoxy) is 1. The Morgan fingerprint density at radius 2 is 1.97 bits per heavy atom. The highest BCUT2D eigenvalue weighted by Crippen LogP contribution is 2.49. The number of halogens is 2. The van der Waals surface area contributed by atoms with E-state index in [9.17, 15) is 23.5 Å². The number of anilines is 4. The average molecular weight is 495 g/mol. The number of carboxylic acid groups (broad SMARTS) is 1. The standard InChI is InChI=1S/C25H23F2N5O4/c1-31-19-12-28-24(29-17-9-8-15(22(33)34)10-20(17)36-2)30-21(19)32(13-25(26,27)23(31)35)18-11-16(18)14-6-4-3-5-7-14/h3-10,12,16,18H,11,13H2,1-2H3,(H,33,34)(H,28,29,30)/t16-,18?/m0/s1. The van der Waals surface area contributed by atoms with Gasteiger partial charge in [0, 0.05) is 19.0 Å². The van der Waals surface area contributed by atoms with Crippen LogP contribution in [0.15, 0.2) is 54.7 Å². The molecule has 11 heteroatoms. The van der Waals surface area contributed by atoms with Crippen molar-refractivity contribution in [3.8, 4) is 5.75 Å². The van der Waals surface area contributed by atoms with Gasteiger partial charge in [0.2, 0.25) is 5.95 Å². The number of carbonyl (C=O) groups excluding carboxylic acids is 1. The van der Waals surface area contributed by atoms with Crippen LogP contribution in [0.1, 0.15) is 28.3 Å². The molecule has 0 saturated heterocycles. The Morgan fingerprint density at radius 3 is 2.67 bits per heavy atom. The van der Waals surface area contributed by atoms with E-state index < -0.39 is 24.3 Å². The van der Waals surface area contributed by atoms with Crippen molar-refractivity contribution in [2.24, 2.45) is 0 Å². The molecule has 2 aliphatic rings. The maximum atomic E-state index is 14.9. The topological polar surface area (TPSA) is 108 Å². The first-order chi connectivity index (χ1) is 17.2. The highest BCUT2D eigenvalue weighted by molar-refractivity contribution is 6.02. The van der Waals surface area contributed by atoms with E-state index in [2.05, 4.69) is 15.3 Å². The van der Waals surface area contributed by atoms with Gasteiger partial charge in [-0.05, 0) is 30.2 Å². The highest BCUT2D eigenvalue weighted by Gasteiger charge is 2.53. The van der Waals surface area contributed by atoms with Gasteiger partial charge in [-0.1, -0.05) is 30.3 Å². The first-order valence-electron chi connectivity index (χ1n) is 11.2. The van der Waals surface area contributed by atoms with E-state index in [4.69, 9.17) is 4.74 Å². The van der Waals surface area contributed by atoms with Crippen molar-refractivity contribution in [3.05, 3.63) is 65.9 Å². The largest absolute Gasteiger partial charge is 0.495 e. The van der Waals surface area contributed by atoms with Gasteiger partial charge in [0.05, 0.1) is 31.1 Å². The van der Waals surface area contributed by atoms with Crippen LogP contribution >= 0.6 is 0 Å². The number of benzene rings is 2. The van der Waals surface area contributed by atoms with Gasteiger partial charge >= 0.3 is 11.9 Å². The number of amides is 1. The average Bonchev–Trinajstić information content (AvgIpc) is 3.68. The van der Waals surface area contributed by atoms with Gasteiger partial charge in [-0.15, -0.1) is 0 Å². The normalized spacial score (nSPS) is 20.4. The third-order valence-corrected chi connectivity index (χ3v) is 6.45. The predicted octanol–water partition coefficient (Wildman–Crippen LogP) is 3.90. The van der Waals surface area contributed by atoms with Gasteiger partial charge in [-0.25, -0.2) is 9.78 Å². The maximum Gasteiger partial charge on any atom is 0.342 e.